The van der Waals surface area contributed by atoms with Crippen LogP contribution in [0.1, 0.15) is 13.8 Å². The zero-order valence-corrected chi connectivity index (χ0v) is 10.5. The summed E-state index contributed by atoms with van der Waals surface area (Å²) in [5.41, 5.74) is 2.13. The Labute approximate surface area is 76.7 Å². The van der Waals surface area contributed by atoms with Crippen molar-refractivity contribution < 1.29 is 21.7 Å². The summed E-state index contributed by atoms with van der Waals surface area (Å²) < 4.78 is 0. The molecular weight excluding hydrogens is 160 g/mol. The van der Waals surface area contributed by atoms with E-state index in [-0.39, 0.29) is 21.7 Å². The molecule has 0 saturated carbocycles. The number of hydrogen-bond donors (Lipinski definition) is 0. The van der Waals surface area contributed by atoms with Gasteiger partial charge in [-0.25, -0.2) is 0 Å². The smallest absolute Gasteiger partial charge is 0.0959 e. The minimum Gasteiger partial charge on any atom is -0.0959 e. The van der Waals surface area contributed by atoms with Crippen molar-refractivity contribution in [2.24, 2.45) is 0 Å². The summed E-state index contributed by atoms with van der Waals surface area (Å²) in [5.74, 6) is 0. The van der Waals surface area contributed by atoms with Gasteiger partial charge in [0.25, 0.3) is 0 Å². The summed E-state index contributed by atoms with van der Waals surface area (Å²) in [7, 11) is 1.31. The molecule has 0 fully saturated rings. The predicted molar refractivity (Wildman–Crippen MR) is 45.4 cm³/mol. The van der Waals surface area contributed by atoms with Crippen LogP contribution in [0, 0.1) is 0 Å². The number of hydrogen-bond acceptors (Lipinski definition) is 0. The van der Waals surface area contributed by atoms with Crippen LogP contribution >= 0.6 is 0 Å². The Kier molecular flexibility index (Phi) is 20.2. The third-order valence-corrected chi connectivity index (χ3v) is 0.729. The normalized spacial score (nSPS) is 6.11. The van der Waals surface area contributed by atoms with E-state index in [9.17, 15) is 0 Å². The third kappa shape index (κ3) is 17.8. The fourth-order valence-corrected chi connectivity index (χ4v) is 0. The molecule has 0 N–H and O–H groups in total. The molecule has 0 rings (SSSR count). The van der Waals surface area contributed by atoms with Crippen LogP contribution in [0.5, 0.6) is 0 Å². The molecule has 0 aliphatic carbocycles. The standard InChI is InChI=1S/C6H10.CH6Si.Ti/c1-5(2)6(3)4;1-2;/h1,3H2,2,4H3;1-2H3;/q;;+4. The molecule has 48 valence electrons. The second-order valence-electron chi connectivity index (χ2n) is 1.56. The molecule has 0 unspecified atom stereocenters. The Morgan fingerprint density at radius 1 is 1.00 bits per heavy atom. The molecule has 0 aliphatic rings. The molecule has 0 nitrogen and oxygen atoms in total. The maximum Gasteiger partial charge on any atom is 4.00 e. The summed E-state index contributed by atoms with van der Waals surface area (Å²) in [5, 5.41) is 0. The van der Waals surface area contributed by atoms with Crippen LogP contribution in [0.2, 0.25) is 6.55 Å². The monoisotopic (exact) mass is 176 g/mol. The minimum atomic E-state index is 0. The molecular formula is C7H16SiTi+4. The maximum absolute atomic E-state index is 3.66. The molecule has 0 aromatic carbocycles. The van der Waals surface area contributed by atoms with Gasteiger partial charge in [-0.2, -0.15) is 0 Å². The van der Waals surface area contributed by atoms with Crippen molar-refractivity contribution in [2.75, 3.05) is 0 Å². The molecule has 0 aromatic heterocycles. The molecule has 0 spiro atoms. The van der Waals surface area contributed by atoms with Crippen LogP contribution < -0.4 is 0 Å². The summed E-state index contributed by atoms with van der Waals surface area (Å²) in [6.07, 6.45) is 0. The van der Waals surface area contributed by atoms with E-state index in [1.54, 1.807) is 0 Å². The van der Waals surface area contributed by atoms with Gasteiger partial charge in [0, 0.05) is 0 Å². The second kappa shape index (κ2) is 11.2. The second-order valence-corrected chi connectivity index (χ2v) is 1.56. The van der Waals surface area contributed by atoms with E-state index in [0.29, 0.717) is 0 Å². The van der Waals surface area contributed by atoms with Crippen LogP contribution in [-0.4, -0.2) is 10.2 Å². The maximum atomic E-state index is 3.66. The minimum absolute atomic E-state index is 0. The van der Waals surface area contributed by atoms with Crippen molar-refractivity contribution in [1.29, 1.82) is 0 Å². The summed E-state index contributed by atoms with van der Waals surface area (Å²) in [4.78, 5) is 0. The van der Waals surface area contributed by atoms with Gasteiger partial charge in [-0.1, -0.05) is 30.9 Å². The van der Waals surface area contributed by atoms with Gasteiger partial charge in [-0.3, -0.25) is 0 Å². The van der Waals surface area contributed by atoms with Gasteiger partial charge < -0.3 is 0 Å². The topological polar surface area (TPSA) is 0 Å². The summed E-state index contributed by atoms with van der Waals surface area (Å²) in [6.45, 7) is 13.3. The predicted octanol–water partition coefficient (Wildman–Crippen LogP) is 1.54. The molecule has 0 radical (unpaired) electrons. The molecule has 0 aliphatic heterocycles. The van der Waals surface area contributed by atoms with Crippen LogP contribution in [-0.2, 0) is 21.7 Å². The quantitative estimate of drug-likeness (QED) is 0.420. The zero-order valence-electron chi connectivity index (χ0n) is 6.91. The fourth-order valence-electron chi connectivity index (χ4n) is 0. The molecule has 9 heavy (non-hydrogen) atoms. The van der Waals surface area contributed by atoms with E-state index in [0.717, 1.165) is 11.1 Å². The Balaban J connectivity index is -0.000000109. The van der Waals surface area contributed by atoms with E-state index in [2.05, 4.69) is 19.7 Å². The van der Waals surface area contributed by atoms with Crippen molar-refractivity contribution in [3.05, 3.63) is 24.3 Å². The summed E-state index contributed by atoms with van der Waals surface area (Å²) in [6, 6.07) is 0. The largest absolute Gasteiger partial charge is 4.00 e. The van der Waals surface area contributed by atoms with Crippen LogP contribution in [0.25, 0.3) is 0 Å². The van der Waals surface area contributed by atoms with Gasteiger partial charge in [0.15, 0.2) is 0 Å². The summed E-state index contributed by atoms with van der Waals surface area (Å²) >= 11 is 0. The van der Waals surface area contributed by atoms with Gasteiger partial charge in [-0.05, 0) is 24.1 Å². The first-order valence-corrected chi connectivity index (χ1v) is 4.96. The molecule has 2 heteroatoms. The Bertz CT molecular complexity index is 74.9. The Morgan fingerprint density at radius 2 is 1.11 bits per heavy atom. The van der Waals surface area contributed by atoms with Gasteiger partial charge in [0.05, 0.1) is 0 Å². The first-order chi connectivity index (χ1) is 3.64. The molecule has 0 saturated heterocycles. The van der Waals surface area contributed by atoms with Gasteiger partial charge in [0.2, 0.25) is 0 Å². The average molecular weight is 176 g/mol. The van der Waals surface area contributed by atoms with Gasteiger partial charge >= 0.3 is 21.7 Å². The van der Waals surface area contributed by atoms with Crippen molar-refractivity contribution in [1.82, 2.24) is 0 Å². The van der Waals surface area contributed by atoms with E-state index in [1.165, 1.54) is 10.2 Å². The van der Waals surface area contributed by atoms with Crippen molar-refractivity contribution in [2.45, 2.75) is 20.4 Å². The van der Waals surface area contributed by atoms with E-state index < -0.39 is 0 Å². The van der Waals surface area contributed by atoms with Crippen LogP contribution in [0.3, 0.4) is 0 Å². The molecule has 0 bridgehead atoms. The fraction of sp³-hybridized carbons (Fsp3) is 0.429. The van der Waals surface area contributed by atoms with Crippen molar-refractivity contribution >= 4 is 10.2 Å². The van der Waals surface area contributed by atoms with Crippen LogP contribution in [0.15, 0.2) is 24.3 Å². The number of allylic oxidation sites excluding steroid dienone is 2. The third-order valence-electron chi connectivity index (χ3n) is 0.729. The van der Waals surface area contributed by atoms with Gasteiger partial charge in [0.1, 0.15) is 0 Å². The Morgan fingerprint density at radius 3 is 1.11 bits per heavy atom. The van der Waals surface area contributed by atoms with E-state index >= 15 is 0 Å². The van der Waals surface area contributed by atoms with Crippen molar-refractivity contribution in [3.8, 4) is 0 Å². The molecule has 0 amide bonds. The molecule has 0 aromatic rings. The zero-order chi connectivity index (χ0) is 7.15. The van der Waals surface area contributed by atoms with E-state index in [1.807, 2.05) is 13.8 Å². The SMILES string of the molecule is C=C(C)C(=C)C.C[SiH3].[Ti+4]. The average Bonchev–Trinajstić information content (AvgIpc) is 1.72. The molecule has 0 heterocycles. The van der Waals surface area contributed by atoms with Gasteiger partial charge in [-0.15, -0.1) is 0 Å². The first kappa shape index (κ1) is 16.2. The first-order valence-electron chi connectivity index (χ1n) is 2.96. The van der Waals surface area contributed by atoms with Crippen LogP contribution in [0.4, 0.5) is 0 Å². The van der Waals surface area contributed by atoms with Crippen molar-refractivity contribution in [3.63, 3.8) is 0 Å². The molecule has 0 atom stereocenters. The number of rotatable bonds is 1. The Hall–Kier alpha value is 0.411. The van der Waals surface area contributed by atoms with E-state index in [4.69, 9.17) is 0 Å².